The Morgan fingerprint density at radius 1 is 1.33 bits per heavy atom. The molecule has 1 amide bonds. The fourth-order valence-corrected chi connectivity index (χ4v) is 4.38. The van der Waals surface area contributed by atoms with Crippen LogP contribution in [0.3, 0.4) is 0 Å². The van der Waals surface area contributed by atoms with Crippen molar-refractivity contribution in [1.82, 2.24) is 9.47 Å². The summed E-state index contributed by atoms with van der Waals surface area (Å²) in [5.74, 6) is -0.701. The Kier molecular flexibility index (Phi) is 6.59. The predicted molar refractivity (Wildman–Crippen MR) is 104 cm³/mol. The molecule has 3 rings (SSSR count). The van der Waals surface area contributed by atoms with Crippen LogP contribution in [0.25, 0.3) is 12.2 Å². The van der Waals surface area contributed by atoms with E-state index in [2.05, 4.69) is 0 Å². The first-order valence-electron chi connectivity index (χ1n) is 8.57. The van der Waals surface area contributed by atoms with Gasteiger partial charge in [0.2, 0.25) is 5.91 Å². The van der Waals surface area contributed by atoms with E-state index in [-0.39, 0.29) is 24.6 Å². The lowest BCUT2D eigenvalue weighted by Crippen LogP contribution is -2.45. The van der Waals surface area contributed by atoms with Crippen molar-refractivity contribution in [1.29, 1.82) is 0 Å². The molecule has 2 aromatic heterocycles. The van der Waals surface area contributed by atoms with Crippen LogP contribution in [0.5, 0.6) is 0 Å². The molecule has 0 aliphatic carbocycles. The molecule has 0 radical (unpaired) electrons. The minimum absolute atomic E-state index is 0.112. The number of thiophene rings is 1. The fourth-order valence-electron chi connectivity index (χ4n) is 2.63. The maximum atomic E-state index is 12.9. The van der Waals surface area contributed by atoms with Crippen LogP contribution in [0.1, 0.15) is 11.8 Å². The van der Waals surface area contributed by atoms with Gasteiger partial charge in [-0.2, -0.15) is 0 Å². The number of ether oxygens (including phenoxy) is 2. The number of amides is 1. The Balaban J connectivity index is 1.99. The summed E-state index contributed by atoms with van der Waals surface area (Å²) in [5, 5.41) is 1.92. The molecule has 0 bridgehead atoms. The molecular weight excluding hydrogens is 388 g/mol. The average molecular weight is 409 g/mol. The second-order valence-corrected chi connectivity index (χ2v) is 7.79. The third-order valence-corrected chi connectivity index (χ3v) is 5.82. The topological polar surface area (TPSA) is 77.8 Å². The number of carbonyl (C=O) groups excluding carboxylic acids is 2. The van der Waals surface area contributed by atoms with E-state index >= 15 is 0 Å². The highest BCUT2D eigenvalue weighted by Gasteiger charge is 2.19. The normalized spacial score (nSPS) is 16.0. The van der Waals surface area contributed by atoms with E-state index in [9.17, 15) is 14.4 Å². The third-order valence-electron chi connectivity index (χ3n) is 3.94. The number of morpholine rings is 1. The summed E-state index contributed by atoms with van der Waals surface area (Å²) >= 11 is 2.69. The van der Waals surface area contributed by atoms with Crippen molar-refractivity contribution in [3.05, 3.63) is 41.9 Å². The van der Waals surface area contributed by atoms with Gasteiger partial charge in [-0.3, -0.25) is 14.2 Å². The number of carbonyl (C=O) groups is 2. The first kappa shape index (κ1) is 19.5. The lowest BCUT2D eigenvalue weighted by Gasteiger charge is -2.26. The summed E-state index contributed by atoms with van der Waals surface area (Å²) in [7, 11) is 0. The van der Waals surface area contributed by atoms with Crippen molar-refractivity contribution in [2.24, 2.45) is 0 Å². The molecule has 144 valence electrons. The monoisotopic (exact) mass is 408 g/mol. The second-order valence-electron chi connectivity index (χ2n) is 5.75. The van der Waals surface area contributed by atoms with E-state index in [1.165, 1.54) is 33.3 Å². The second kappa shape index (κ2) is 9.12. The van der Waals surface area contributed by atoms with Gasteiger partial charge in [-0.15, -0.1) is 22.7 Å². The van der Waals surface area contributed by atoms with Crippen LogP contribution in [-0.2, 0) is 25.6 Å². The van der Waals surface area contributed by atoms with E-state index in [0.717, 1.165) is 4.88 Å². The Labute approximate surface area is 163 Å². The summed E-state index contributed by atoms with van der Waals surface area (Å²) < 4.78 is 12.4. The molecule has 1 aliphatic heterocycles. The van der Waals surface area contributed by atoms with Gasteiger partial charge >= 0.3 is 5.97 Å². The van der Waals surface area contributed by atoms with Gasteiger partial charge in [-0.1, -0.05) is 6.07 Å². The van der Waals surface area contributed by atoms with Gasteiger partial charge in [-0.25, -0.2) is 4.79 Å². The number of hydrogen-bond acceptors (Lipinski definition) is 7. The largest absolute Gasteiger partial charge is 0.463 e. The molecule has 7 nitrogen and oxygen atoms in total. The zero-order valence-electron chi connectivity index (χ0n) is 14.9. The molecule has 1 aliphatic rings. The number of thiazole rings is 1. The molecule has 1 fully saturated rings. The number of nitrogens with zero attached hydrogens (tertiary/aromatic N) is 2. The number of esters is 1. The lowest BCUT2D eigenvalue weighted by atomic mass is 10.4. The third kappa shape index (κ3) is 4.94. The molecule has 3 heterocycles. The molecule has 0 atom stereocenters. The van der Waals surface area contributed by atoms with Crippen LogP contribution in [0, 0.1) is 0 Å². The van der Waals surface area contributed by atoms with Crippen LogP contribution >= 0.6 is 22.7 Å². The van der Waals surface area contributed by atoms with E-state index in [0.29, 0.717) is 35.5 Å². The summed E-state index contributed by atoms with van der Waals surface area (Å²) in [6, 6.07) is 3.80. The zero-order valence-corrected chi connectivity index (χ0v) is 16.5. The van der Waals surface area contributed by atoms with E-state index in [1.54, 1.807) is 17.9 Å². The Morgan fingerprint density at radius 2 is 2.11 bits per heavy atom. The Bertz CT molecular complexity index is 969. The molecule has 27 heavy (non-hydrogen) atoms. The molecule has 0 N–H and O–H groups in total. The highest BCUT2D eigenvalue weighted by molar-refractivity contribution is 7.11. The van der Waals surface area contributed by atoms with E-state index in [4.69, 9.17) is 9.47 Å². The van der Waals surface area contributed by atoms with Gasteiger partial charge in [0, 0.05) is 18.0 Å². The van der Waals surface area contributed by atoms with Crippen LogP contribution in [0.15, 0.2) is 22.3 Å². The molecule has 0 spiro atoms. The first-order valence-corrected chi connectivity index (χ1v) is 10.3. The van der Waals surface area contributed by atoms with Crippen molar-refractivity contribution in [3.63, 3.8) is 0 Å². The van der Waals surface area contributed by atoms with Crippen molar-refractivity contribution >= 4 is 46.7 Å². The molecule has 2 aromatic rings. The average Bonchev–Trinajstić information content (AvgIpc) is 3.27. The van der Waals surface area contributed by atoms with Crippen LogP contribution in [0.4, 0.5) is 0 Å². The van der Waals surface area contributed by atoms with Crippen LogP contribution in [-0.4, -0.2) is 54.3 Å². The minimum Gasteiger partial charge on any atom is -0.463 e. The standard InChI is InChI=1S/C18H20N2O5S2/c1-2-25-17(22)11-16-20(12-15(21)19-5-7-24-8-6-19)18(23)14(27-16)10-13-4-3-9-26-13/h3-4,9-11H,2,5-8,12H2,1H3/b14-10-,16-11-. The van der Waals surface area contributed by atoms with E-state index < -0.39 is 5.97 Å². The number of hydrogen-bond donors (Lipinski definition) is 0. The molecular formula is C18H20N2O5S2. The Hall–Kier alpha value is -2.23. The number of rotatable bonds is 5. The predicted octanol–water partition coefficient (Wildman–Crippen LogP) is 0.00250. The van der Waals surface area contributed by atoms with Crippen molar-refractivity contribution in [2.45, 2.75) is 13.5 Å². The quantitative estimate of drug-likeness (QED) is 0.651. The summed E-state index contributed by atoms with van der Waals surface area (Å²) in [6.07, 6.45) is 3.05. The van der Waals surface area contributed by atoms with Crippen molar-refractivity contribution in [2.75, 3.05) is 32.9 Å². The van der Waals surface area contributed by atoms with Crippen LogP contribution < -0.4 is 14.8 Å². The highest BCUT2D eigenvalue weighted by atomic mass is 32.1. The highest BCUT2D eigenvalue weighted by Crippen LogP contribution is 2.08. The SMILES string of the molecule is CCOC(=O)/C=c1\s/c(=C\c2cccs2)c(=O)n1CC(=O)N1CCOCC1. The number of aromatic nitrogens is 1. The van der Waals surface area contributed by atoms with Gasteiger partial charge in [-0.05, 0) is 24.4 Å². The van der Waals surface area contributed by atoms with Gasteiger partial charge < -0.3 is 14.4 Å². The van der Waals surface area contributed by atoms with Crippen molar-refractivity contribution < 1.29 is 19.1 Å². The molecule has 9 heteroatoms. The molecule has 0 aromatic carbocycles. The Morgan fingerprint density at radius 3 is 2.78 bits per heavy atom. The van der Waals surface area contributed by atoms with Gasteiger partial charge in [0.1, 0.15) is 11.2 Å². The van der Waals surface area contributed by atoms with Gasteiger partial charge in [0.25, 0.3) is 5.56 Å². The fraction of sp³-hybridized carbons (Fsp3) is 0.389. The maximum absolute atomic E-state index is 12.9. The first-order chi connectivity index (χ1) is 13.1. The lowest BCUT2D eigenvalue weighted by molar-refractivity contribution is -0.136. The van der Waals surface area contributed by atoms with Gasteiger partial charge in [0.05, 0.1) is 30.4 Å². The molecule has 1 saturated heterocycles. The smallest absolute Gasteiger partial charge is 0.333 e. The maximum Gasteiger partial charge on any atom is 0.333 e. The van der Waals surface area contributed by atoms with Crippen molar-refractivity contribution in [3.8, 4) is 0 Å². The van der Waals surface area contributed by atoms with Gasteiger partial charge in [0.15, 0.2) is 0 Å². The summed E-state index contributed by atoms with van der Waals surface area (Å²) in [4.78, 5) is 39.9. The summed E-state index contributed by atoms with van der Waals surface area (Å²) in [6.45, 7) is 3.83. The minimum atomic E-state index is -0.533. The molecule has 0 saturated carbocycles. The van der Waals surface area contributed by atoms with E-state index in [1.807, 2.05) is 17.5 Å². The summed E-state index contributed by atoms with van der Waals surface area (Å²) in [5.41, 5.74) is -0.287. The molecule has 0 unspecified atom stereocenters. The zero-order chi connectivity index (χ0) is 19.2. The van der Waals surface area contributed by atoms with Crippen LogP contribution in [0.2, 0.25) is 0 Å².